The summed E-state index contributed by atoms with van der Waals surface area (Å²) >= 11 is 0. The molecule has 1 amide bonds. The lowest BCUT2D eigenvalue weighted by atomic mass is 10.0. The molecule has 0 aliphatic carbocycles. The molecule has 10 heteroatoms. The van der Waals surface area contributed by atoms with Gasteiger partial charge in [0.05, 0.1) is 12.2 Å². The highest BCUT2D eigenvalue weighted by atomic mass is 19.2. The number of nitrogens with two attached hydrogens (primary N) is 1. The lowest BCUT2D eigenvalue weighted by molar-refractivity contribution is -0.132. The van der Waals surface area contributed by atoms with Crippen LogP contribution >= 0.6 is 0 Å². The third-order valence-electron chi connectivity index (χ3n) is 4.98. The molecule has 1 aromatic heterocycles. The van der Waals surface area contributed by atoms with Gasteiger partial charge in [-0.25, -0.2) is 17.6 Å². The van der Waals surface area contributed by atoms with Crippen molar-refractivity contribution in [3.05, 3.63) is 76.9 Å². The van der Waals surface area contributed by atoms with Gasteiger partial charge in [0.25, 0.3) is 0 Å². The van der Waals surface area contributed by atoms with E-state index < -0.39 is 29.3 Å². The highest BCUT2D eigenvalue weighted by molar-refractivity contribution is 5.77. The van der Waals surface area contributed by atoms with E-state index >= 15 is 0 Å². The number of aromatic nitrogens is 3. The Morgan fingerprint density at radius 2 is 1.83 bits per heavy atom. The van der Waals surface area contributed by atoms with Gasteiger partial charge in [-0.3, -0.25) is 9.36 Å². The summed E-state index contributed by atoms with van der Waals surface area (Å²) in [6, 6.07) is 4.61. The van der Waals surface area contributed by atoms with Crippen molar-refractivity contribution in [3.8, 4) is 5.69 Å². The van der Waals surface area contributed by atoms with Crippen molar-refractivity contribution in [2.75, 3.05) is 0 Å². The number of carbonyl (C=O) groups excluding carboxylic acids is 1. The minimum atomic E-state index is -1.29. The number of halogens is 4. The van der Waals surface area contributed by atoms with Crippen LogP contribution in [0.15, 0.2) is 36.7 Å². The average Bonchev–Trinajstić information content (AvgIpc) is 3.09. The molecular weight excluding hydrogens is 402 g/mol. The van der Waals surface area contributed by atoms with Crippen molar-refractivity contribution in [2.24, 2.45) is 5.73 Å². The summed E-state index contributed by atoms with van der Waals surface area (Å²) in [6.07, 6.45) is 1.16. The molecule has 4 rings (SSSR count). The van der Waals surface area contributed by atoms with E-state index in [2.05, 4.69) is 10.2 Å². The third-order valence-corrected chi connectivity index (χ3v) is 4.98. The molecule has 30 heavy (non-hydrogen) atoms. The molecule has 0 saturated heterocycles. The molecule has 1 atom stereocenters. The Balaban J connectivity index is 1.51. The summed E-state index contributed by atoms with van der Waals surface area (Å²) in [5.41, 5.74) is 7.12. The molecule has 1 aliphatic rings. The molecule has 3 aromatic rings. The van der Waals surface area contributed by atoms with Crippen LogP contribution in [0.2, 0.25) is 0 Å². The van der Waals surface area contributed by atoms with Gasteiger partial charge < -0.3 is 10.6 Å². The number of nitrogens with zero attached hydrogens (tertiary/aromatic N) is 4. The number of fused-ring (bicyclic) bond motifs is 3. The van der Waals surface area contributed by atoms with E-state index in [1.165, 1.54) is 23.4 Å². The number of hydrogen-bond donors (Lipinski definition) is 1. The van der Waals surface area contributed by atoms with E-state index in [1.54, 1.807) is 10.6 Å². The summed E-state index contributed by atoms with van der Waals surface area (Å²) in [5.74, 6) is -3.70. The van der Waals surface area contributed by atoms with Gasteiger partial charge in [-0.15, -0.1) is 10.2 Å². The van der Waals surface area contributed by atoms with Crippen LogP contribution in [0.1, 0.15) is 23.4 Å². The monoisotopic (exact) mass is 419 g/mol. The Hall–Kier alpha value is -3.27. The molecule has 1 aliphatic heterocycles. The van der Waals surface area contributed by atoms with E-state index in [9.17, 15) is 22.4 Å². The van der Waals surface area contributed by atoms with Crippen LogP contribution < -0.4 is 5.73 Å². The maximum absolute atomic E-state index is 13.9. The van der Waals surface area contributed by atoms with Gasteiger partial charge in [0.2, 0.25) is 5.91 Å². The first-order valence-electron chi connectivity index (χ1n) is 9.16. The average molecular weight is 419 g/mol. The molecule has 2 heterocycles. The van der Waals surface area contributed by atoms with Crippen LogP contribution in [0, 0.1) is 23.3 Å². The van der Waals surface area contributed by atoms with Crippen molar-refractivity contribution in [1.29, 1.82) is 0 Å². The van der Waals surface area contributed by atoms with Gasteiger partial charge in [0.1, 0.15) is 18.0 Å². The highest BCUT2D eigenvalue weighted by Gasteiger charge is 2.26. The molecule has 0 spiro atoms. The number of benzene rings is 2. The van der Waals surface area contributed by atoms with Gasteiger partial charge in [0, 0.05) is 25.1 Å². The maximum Gasteiger partial charge on any atom is 0.224 e. The molecule has 0 saturated carbocycles. The van der Waals surface area contributed by atoms with E-state index in [0.29, 0.717) is 23.1 Å². The zero-order chi connectivity index (χ0) is 21.4. The summed E-state index contributed by atoms with van der Waals surface area (Å²) in [6.45, 7) is 0.325. The topological polar surface area (TPSA) is 77.0 Å². The Morgan fingerprint density at radius 3 is 2.63 bits per heavy atom. The normalized spacial score (nSPS) is 14.1. The smallest absolute Gasteiger partial charge is 0.224 e. The molecular formula is C20H17F4N5O. The van der Waals surface area contributed by atoms with Crippen molar-refractivity contribution in [1.82, 2.24) is 19.7 Å². The Labute approximate surface area is 168 Å². The zero-order valence-corrected chi connectivity index (χ0v) is 15.7. The molecule has 6 nitrogen and oxygen atoms in total. The molecule has 2 N–H and O–H groups in total. The molecule has 156 valence electrons. The molecule has 0 bridgehead atoms. The lowest BCUT2D eigenvalue weighted by Crippen LogP contribution is -2.36. The minimum absolute atomic E-state index is 0.106. The van der Waals surface area contributed by atoms with Gasteiger partial charge >= 0.3 is 0 Å². The predicted molar refractivity (Wildman–Crippen MR) is 98.2 cm³/mol. The number of amides is 1. The van der Waals surface area contributed by atoms with E-state index in [1.807, 2.05) is 0 Å². The third kappa shape index (κ3) is 3.90. The molecule has 2 aromatic carbocycles. The highest BCUT2D eigenvalue weighted by Crippen LogP contribution is 2.25. The second-order valence-corrected chi connectivity index (χ2v) is 7.17. The summed E-state index contributed by atoms with van der Waals surface area (Å²) in [5, 5.41) is 7.82. The Kier molecular flexibility index (Phi) is 5.25. The fraction of sp³-hybridized carbons (Fsp3) is 0.250. The number of rotatable bonds is 4. The van der Waals surface area contributed by atoms with E-state index in [-0.39, 0.29) is 37.4 Å². The van der Waals surface area contributed by atoms with E-state index in [0.717, 1.165) is 6.07 Å². The first kappa shape index (κ1) is 20.0. The minimum Gasteiger partial charge on any atom is -0.331 e. The molecule has 0 radical (unpaired) electrons. The standard InChI is InChI=1S/C20H17F4N5O/c21-13-2-1-11-8-28(9-19-27-26-10-29(19)18(11)5-13)20(30)6-14(25)3-12-4-16(23)17(24)7-15(12)22/h1-2,4-5,7,10,14H,3,6,8-9,25H2/t14-/m1/s1. The predicted octanol–water partition coefficient (Wildman–Crippen LogP) is 2.63. The van der Waals surface area contributed by atoms with Crippen molar-refractivity contribution in [2.45, 2.75) is 32.0 Å². The van der Waals surface area contributed by atoms with Gasteiger partial charge in [-0.05, 0) is 35.7 Å². The first-order chi connectivity index (χ1) is 14.3. The van der Waals surface area contributed by atoms with Crippen LogP contribution in [-0.4, -0.2) is 31.6 Å². The number of hydrogen-bond acceptors (Lipinski definition) is 4. The Morgan fingerprint density at radius 1 is 1.07 bits per heavy atom. The quantitative estimate of drug-likeness (QED) is 0.521. The Bertz CT molecular complexity index is 1120. The van der Waals surface area contributed by atoms with Crippen molar-refractivity contribution >= 4 is 5.91 Å². The molecule has 0 fully saturated rings. The van der Waals surface area contributed by atoms with E-state index in [4.69, 9.17) is 5.73 Å². The summed E-state index contributed by atoms with van der Waals surface area (Å²) in [4.78, 5) is 14.3. The van der Waals surface area contributed by atoms with Crippen LogP contribution in [0.25, 0.3) is 5.69 Å². The maximum atomic E-state index is 13.9. The molecule has 0 unspecified atom stereocenters. The van der Waals surface area contributed by atoms with Crippen molar-refractivity contribution < 1.29 is 22.4 Å². The van der Waals surface area contributed by atoms with Gasteiger partial charge in [0.15, 0.2) is 17.5 Å². The summed E-state index contributed by atoms with van der Waals surface area (Å²) < 4.78 is 55.7. The largest absolute Gasteiger partial charge is 0.331 e. The van der Waals surface area contributed by atoms with Crippen LogP contribution in [-0.2, 0) is 24.3 Å². The summed E-state index contributed by atoms with van der Waals surface area (Å²) in [7, 11) is 0. The number of carbonyl (C=O) groups is 1. The lowest BCUT2D eigenvalue weighted by Gasteiger charge is -2.22. The van der Waals surface area contributed by atoms with Crippen LogP contribution in [0.3, 0.4) is 0 Å². The fourth-order valence-electron chi connectivity index (χ4n) is 3.50. The SMILES string of the molecule is N[C@@H](CC(=O)N1Cc2ccc(F)cc2-n2cnnc2C1)Cc1cc(F)c(F)cc1F. The second-order valence-electron chi connectivity index (χ2n) is 7.17. The zero-order valence-electron chi connectivity index (χ0n) is 15.7. The van der Waals surface area contributed by atoms with Gasteiger partial charge in [-0.1, -0.05) is 6.07 Å². The van der Waals surface area contributed by atoms with Crippen LogP contribution in [0.4, 0.5) is 17.6 Å². The van der Waals surface area contributed by atoms with Crippen molar-refractivity contribution in [3.63, 3.8) is 0 Å². The first-order valence-corrected chi connectivity index (χ1v) is 9.16. The fourth-order valence-corrected chi connectivity index (χ4v) is 3.50. The van der Waals surface area contributed by atoms with Gasteiger partial charge in [-0.2, -0.15) is 0 Å². The second kappa shape index (κ2) is 7.86. The van der Waals surface area contributed by atoms with Crippen LogP contribution in [0.5, 0.6) is 0 Å².